The average molecular weight is 370 g/mol. The molecule has 0 radical (unpaired) electrons. The minimum Gasteiger partial charge on any atom is -0.480 e. The van der Waals surface area contributed by atoms with E-state index in [0.717, 1.165) is 16.3 Å². The monoisotopic (exact) mass is 370 g/mol. The lowest BCUT2D eigenvalue weighted by atomic mass is 9.99. The van der Waals surface area contributed by atoms with Crippen LogP contribution in [0.25, 0.3) is 0 Å². The van der Waals surface area contributed by atoms with Crippen molar-refractivity contribution in [3.63, 3.8) is 0 Å². The molecule has 8 heteroatoms. The highest BCUT2D eigenvalue weighted by Crippen LogP contribution is 2.23. The summed E-state index contributed by atoms with van der Waals surface area (Å²) in [4.78, 5) is 22.3. The van der Waals surface area contributed by atoms with Gasteiger partial charge in [0.25, 0.3) is 0 Å². The van der Waals surface area contributed by atoms with Crippen LogP contribution >= 0.6 is 0 Å². The zero-order valence-corrected chi connectivity index (χ0v) is 15.8. The summed E-state index contributed by atoms with van der Waals surface area (Å²) < 4.78 is 26.6. The summed E-state index contributed by atoms with van der Waals surface area (Å²) in [5, 5.41) is 11.7. The predicted molar refractivity (Wildman–Crippen MR) is 94.8 cm³/mol. The van der Waals surface area contributed by atoms with Crippen LogP contribution in [0.2, 0.25) is 0 Å². The molecule has 0 heterocycles. The van der Waals surface area contributed by atoms with Gasteiger partial charge < -0.3 is 10.4 Å². The summed E-state index contributed by atoms with van der Waals surface area (Å²) in [6.45, 7) is 6.64. The third kappa shape index (κ3) is 5.54. The van der Waals surface area contributed by atoms with Crippen molar-refractivity contribution in [3.05, 3.63) is 29.8 Å². The summed E-state index contributed by atoms with van der Waals surface area (Å²) in [7, 11) is -3.99. The number of aliphatic carboxylic acids is 1. The standard InChI is InChI=1S/C17H26N2O5S/c1-5-12(2)15-6-8-16(9-7-15)25(23,24)19(13(3)17(21)22)11-10-18-14(4)20/h6-9,12-13H,5,10-11H2,1-4H3,(H,18,20)(H,21,22). The number of nitrogens with zero attached hydrogens (tertiary/aromatic N) is 1. The van der Waals surface area contributed by atoms with E-state index in [1.807, 2.05) is 6.92 Å². The summed E-state index contributed by atoms with van der Waals surface area (Å²) in [6.07, 6.45) is 0.936. The highest BCUT2D eigenvalue weighted by atomic mass is 32.2. The van der Waals surface area contributed by atoms with E-state index in [1.165, 1.54) is 26.0 Å². The quantitative estimate of drug-likeness (QED) is 0.690. The summed E-state index contributed by atoms with van der Waals surface area (Å²) in [5.41, 5.74) is 1.03. The Kier molecular flexibility index (Phi) is 7.57. The minimum atomic E-state index is -3.99. The number of amides is 1. The van der Waals surface area contributed by atoms with Crippen LogP contribution in [-0.2, 0) is 19.6 Å². The maximum absolute atomic E-state index is 12.9. The second kappa shape index (κ2) is 8.96. The van der Waals surface area contributed by atoms with Gasteiger partial charge in [0.1, 0.15) is 6.04 Å². The summed E-state index contributed by atoms with van der Waals surface area (Å²) in [6, 6.07) is 5.25. The van der Waals surface area contributed by atoms with E-state index in [9.17, 15) is 23.1 Å². The number of carbonyl (C=O) groups excluding carboxylic acids is 1. The first-order valence-corrected chi connectivity index (χ1v) is 9.64. The Hall–Kier alpha value is -1.93. The lowest BCUT2D eigenvalue weighted by Gasteiger charge is -2.26. The molecule has 0 aliphatic rings. The van der Waals surface area contributed by atoms with Crippen LogP contribution in [0.15, 0.2) is 29.2 Å². The molecule has 0 aliphatic carbocycles. The Morgan fingerprint density at radius 3 is 2.20 bits per heavy atom. The third-order valence-electron chi connectivity index (χ3n) is 4.16. The molecule has 1 aromatic rings. The van der Waals surface area contributed by atoms with Gasteiger partial charge in [0.05, 0.1) is 4.90 Å². The number of nitrogens with one attached hydrogen (secondary N) is 1. The Balaban J connectivity index is 3.12. The van der Waals surface area contributed by atoms with Gasteiger partial charge in [-0.15, -0.1) is 0 Å². The van der Waals surface area contributed by atoms with Crippen LogP contribution in [0.3, 0.4) is 0 Å². The van der Waals surface area contributed by atoms with Crippen molar-refractivity contribution < 1.29 is 23.1 Å². The fourth-order valence-electron chi connectivity index (χ4n) is 2.33. The number of carbonyl (C=O) groups is 2. The maximum Gasteiger partial charge on any atom is 0.321 e. The van der Waals surface area contributed by atoms with E-state index in [0.29, 0.717) is 5.92 Å². The van der Waals surface area contributed by atoms with Crippen LogP contribution in [0.1, 0.15) is 45.6 Å². The van der Waals surface area contributed by atoms with E-state index in [1.54, 1.807) is 12.1 Å². The molecule has 2 atom stereocenters. The summed E-state index contributed by atoms with van der Waals surface area (Å²) >= 11 is 0. The number of sulfonamides is 1. The van der Waals surface area contributed by atoms with Crippen molar-refractivity contribution in [2.75, 3.05) is 13.1 Å². The van der Waals surface area contributed by atoms with Gasteiger partial charge in [0, 0.05) is 20.0 Å². The summed E-state index contributed by atoms with van der Waals surface area (Å²) in [5.74, 6) is -1.24. The van der Waals surface area contributed by atoms with Crippen LogP contribution in [-0.4, -0.2) is 48.8 Å². The average Bonchev–Trinajstić information content (AvgIpc) is 2.57. The van der Waals surface area contributed by atoms with Crippen molar-refractivity contribution in [1.82, 2.24) is 9.62 Å². The fraction of sp³-hybridized carbons (Fsp3) is 0.529. The second-order valence-electron chi connectivity index (χ2n) is 5.99. The van der Waals surface area contributed by atoms with Crippen LogP contribution in [0.4, 0.5) is 0 Å². The molecule has 1 amide bonds. The van der Waals surface area contributed by atoms with Crippen molar-refractivity contribution in [2.45, 2.75) is 51.0 Å². The smallest absolute Gasteiger partial charge is 0.321 e. The Morgan fingerprint density at radius 2 is 1.76 bits per heavy atom. The van der Waals surface area contributed by atoms with Gasteiger partial charge in [-0.1, -0.05) is 26.0 Å². The molecule has 0 saturated heterocycles. The molecule has 2 N–H and O–H groups in total. The number of carboxylic acid groups (broad SMARTS) is 1. The molecular formula is C17H26N2O5S. The SMILES string of the molecule is CCC(C)c1ccc(S(=O)(=O)N(CCNC(C)=O)C(C)C(=O)O)cc1. The van der Waals surface area contributed by atoms with Gasteiger partial charge in [-0.2, -0.15) is 4.31 Å². The first-order valence-electron chi connectivity index (χ1n) is 8.20. The molecule has 25 heavy (non-hydrogen) atoms. The van der Waals surface area contributed by atoms with E-state index in [4.69, 9.17) is 0 Å². The zero-order valence-electron chi connectivity index (χ0n) is 15.0. The van der Waals surface area contributed by atoms with Gasteiger partial charge in [0.15, 0.2) is 0 Å². The Labute approximate surface area is 149 Å². The van der Waals surface area contributed by atoms with Gasteiger partial charge in [-0.3, -0.25) is 9.59 Å². The van der Waals surface area contributed by atoms with Gasteiger partial charge in [-0.25, -0.2) is 8.42 Å². The van der Waals surface area contributed by atoms with Gasteiger partial charge in [-0.05, 0) is 37.0 Å². The Morgan fingerprint density at radius 1 is 1.20 bits per heavy atom. The lowest BCUT2D eigenvalue weighted by Crippen LogP contribution is -2.46. The number of rotatable bonds is 9. The normalized spacial score (nSPS) is 14.1. The third-order valence-corrected chi connectivity index (χ3v) is 6.15. The minimum absolute atomic E-state index is 0.0375. The molecule has 7 nitrogen and oxygen atoms in total. The molecule has 1 rings (SSSR count). The van der Waals surface area contributed by atoms with Crippen molar-refractivity contribution >= 4 is 21.9 Å². The molecule has 0 spiro atoms. The highest BCUT2D eigenvalue weighted by molar-refractivity contribution is 7.89. The largest absolute Gasteiger partial charge is 0.480 e. The van der Waals surface area contributed by atoms with Crippen LogP contribution < -0.4 is 5.32 Å². The maximum atomic E-state index is 12.9. The molecule has 0 aliphatic heterocycles. The van der Waals surface area contributed by atoms with Crippen LogP contribution in [0.5, 0.6) is 0 Å². The Bertz CT molecular complexity index is 700. The fourth-order valence-corrected chi connectivity index (χ4v) is 3.92. The molecule has 0 bridgehead atoms. The number of hydrogen-bond donors (Lipinski definition) is 2. The van der Waals surface area contributed by atoms with Crippen molar-refractivity contribution in [2.24, 2.45) is 0 Å². The van der Waals surface area contributed by atoms with E-state index in [-0.39, 0.29) is 23.9 Å². The van der Waals surface area contributed by atoms with Crippen molar-refractivity contribution in [1.29, 1.82) is 0 Å². The molecule has 140 valence electrons. The van der Waals surface area contributed by atoms with Crippen molar-refractivity contribution in [3.8, 4) is 0 Å². The van der Waals surface area contributed by atoms with Gasteiger partial charge >= 0.3 is 5.97 Å². The first kappa shape index (κ1) is 21.1. The molecular weight excluding hydrogens is 344 g/mol. The molecule has 0 fully saturated rings. The highest BCUT2D eigenvalue weighted by Gasteiger charge is 2.32. The lowest BCUT2D eigenvalue weighted by molar-refractivity contribution is -0.140. The van der Waals surface area contributed by atoms with E-state index >= 15 is 0 Å². The first-order chi connectivity index (χ1) is 11.6. The molecule has 0 aromatic heterocycles. The molecule has 2 unspecified atom stereocenters. The number of hydrogen-bond acceptors (Lipinski definition) is 4. The van der Waals surface area contributed by atoms with E-state index < -0.39 is 22.0 Å². The molecule has 1 aromatic carbocycles. The van der Waals surface area contributed by atoms with Crippen LogP contribution in [0, 0.1) is 0 Å². The predicted octanol–water partition coefficient (Wildman–Crippen LogP) is 1.80. The topological polar surface area (TPSA) is 104 Å². The number of benzene rings is 1. The zero-order chi connectivity index (χ0) is 19.2. The molecule has 0 saturated carbocycles. The second-order valence-corrected chi connectivity index (χ2v) is 7.88. The van der Waals surface area contributed by atoms with Gasteiger partial charge in [0.2, 0.25) is 15.9 Å². The van der Waals surface area contributed by atoms with E-state index in [2.05, 4.69) is 12.2 Å². The number of carboxylic acids is 1.